The van der Waals surface area contributed by atoms with Gasteiger partial charge in [0.15, 0.2) is 5.82 Å². The highest BCUT2D eigenvalue weighted by atomic mass is 16.5. The Balaban J connectivity index is 2.96. The summed E-state index contributed by atoms with van der Waals surface area (Å²) < 4.78 is 5.41. The lowest BCUT2D eigenvalue weighted by atomic mass is 10.2. The first-order chi connectivity index (χ1) is 8.08. The molecule has 3 N–H and O–H groups in total. The van der Waals surface area contributed by atoms with Crippen LogP contribution in [0.4, 0.5) is 11.5 Å². The van der Waals surface area contributed by atoms with Crippen molar-refractivity contribution in [1.29, 1.82) is 0 Å². The van der Waals surface area contributed by atoms with E-state index >= 15 is 0 Å². The minimum Gasteiger partial charge on any atom is -0.476 e. The third-order valence-electron chi connectivity index (χ3n) is 2.23. The van der Waals surface area contributed by atoms with E-state index in [1.165, 1.54) is 0 Å². The van der Waals surface area contributed by atoms with E-state index in [0.717, 1.165) is 18.8 Å². The molecule has 0 bridgehead atoms. The molecule has 0 spiro atoms. The summed E-state index contributed by atoms with van der Waals surface area (Å²) in [6.07, 6.45) is 0.761. The van der Waals surface area contributed by atoms with Crippen LogP contribution in [0.5, 0.6) is 5.88 Å². The van der Waals surface area contributed by atoms with Crippen LogP contribution in [0.15, 0.2) is 0 Å². The summed E-state index contributed by atoms with van der Waals surface area (Å²) >= 11 is 0. The number of nitrogens with one attached hydrogen (secondary N) is 1. The number of aromatic nitrogens is 2. The van der Waals surface area contributed by atoms with Crippen LogP contribution >= 0.6 is 0 Å². The van der Waals surface area contributed by atoms with Crippen LogP contribution in [0.3, 0.4) is 0 Å². The van der Waals surface area contributed by atoms with E-state index in [9.17, 15) is 0 Å². The van der Waals surface area contributed by atoms with Crippen molar-refractivity contribution in [3.8, 4) is 5.88 Å². The Morgan fingerprint density at radius 3 is 2.53 bits per heavy atom. The van der Waals surface area contributed by atoms with Gasteiger partial charge in [-0.15, -0.1) is 0 Å². The first-order valence-electron chi connectivity index (χ1n) is 6.11. The maximum absolute atomic E-state index is 5.97. The summed E-state index contributed by atoms with van der Waals surface area (Å²) in [5.41, 5.74) is 6.46. The predicted octanol–water partition coefficient (Wildman–Crippen LogP) is 2.09. The molecule has 1 aromatic rings. The molecule has 1 rings (SSSR count). The summed E-state index contributed by atoms with van der Waals surface area (Å²) in [6.45, 7) is 9.56. The first kappa shape index (κ1) is 13.5. The second-order valence-corrected chi connectivity index (χ2v) is 4.27. The summed E-state index contributed by atoms with van der Waals surface area (Å²) in [5.74, 6) is 2.43. The zero-order valence-electron chi connectivity index (χ0n) is 11.1. The van der Waals surface area contributed by atoms with Crippen molar-refractivity contribution >= 4 is 11.5 Å². The number of nitrogens with zero attached hydrogens (tertiary/aromatic N) is 2. The van der Waals surface area contributed by atoms with Crippen LogP contribution in [-0.4, -0.2) is 23.1 Å². The van der Waals surface area contributed by atoms with Crippen molar-refractivity contribution < 1.29 is 4.74 Å². The quantitative estimate of drug-likeness (QED) is 0.794. The second kappa shape index (κ2) is 6.27. The number of nitrogen functional groups attached to an aromatic ring is 1. The maximum atomic E-state index is 5.97. The highest BCUT2D eigenvalue weighted by Crippen LogP contribution is 2.26. The molecule has 5 heteroatoms. The average molecular weight is 238 g/mol. The summed E-state index contributed by atoms with van der Waals surface area (Å²) in [6, 6.07) is 0. The van der Waals surface area contributed by atoms with Crippen LogP contribution in [0.1, 0.15) is 33.5 Å². The number of hydrogen-bond acceptors (Lipinski definition) is 5. The molecule has 0 aliphatic rings. The van der Waals surface area contributed by atoms with Gasteiger partial charge in [0.2, 0.25) is 5.88 Å². The lowest BCUT2D eigenvalue weighted by Gasteiger charge is -2.14. The SMILES string of the molecule is CCOc1nc(CC)nc(NCC(C)C)c1N. The van der Waals surface area contributed by atoms with Crippen LogP contribution in [0.25, 0.3) is 0 Å². The van der Waals surface area contributed by atoms with Crippen LogP contribution < -0.4 is 15.8 Å². The Bertz CT molecular complexity index is 366. The van der Waals surface area contributed by atoms with E-state index in [4.69, 9.17) is 10.5 Å². The number of anilines is 2. The third kappa shape index (κ3) is 3.76. The third-order valence-corrected chi connectivity index (χ3v) is 2.23. The number of nitrogens with two attached hydrogens (primary N) is 1. The van der Waals surface area contributed by atoms with Crippen molar-refractivity contribution in [3.63, 3.8) is 0 Å². The second-order valence-electron chi connectivity index (χ2n) is 4.27. The molecule has 0 unspecified atom stereocenters. The molecule has 1 aromatic heterocycles. The van der Waals surface area contributed by atoms with Crippen molar-refractivity contribution in [2.45, 2.75) is 34.1 Å². The van der Waals surface area contributed by atoms with Gasteiger partial charge in [-0.25, -0.2) is 4.98 Å². The Kier molecular flexibility index (Phi) is 5.00. The molecule has 0 saturated heterocycles. The number of aryl methyl sites for hydroxylation is 1. The fraction of sp³-hybridized carbons (Fsp3) is 0.667. The molecule has 0 aliphatic heterocycles. The van der Waals surface area contributed by atoms with Gasteiger partial charge in [-0.05, 0) is 12.8 Å². The molecule has 0 saturated carbocycles. The number of hydrogen-bond donors (Lipinski definition) is 2. The highest BCUT2D eigenvalue weighted by Gasteiger charge is 2.12. The lowest BCUT2D eigenvalue weighted by Crippen LogP contribution is -2.14. The standard InChI is InChI=1S/C12H22N4O/c1-5-9-15-11(14-7-8(3)4)10(13)12(16-9)17-6-2/h8H,5-7,13H2,1-4H3,(H,14,15,16). The van der Waals surface area contributed by atoms with Crippen molar-refractivity contribution in [1.82, 2.24) is 9.97 Å². The van der Waals surface area contributed by atoms with Gasteiger partial charge in [-0.2, -0.15) is 4.98 Å². The van der Waals surface area contributed by atoms with Crippen LogP contribution in [0, 0.1) is 5.92 Å². The molecule has 96 valence electrons. The summed E-state index contributed by atoms with van der Waals surface area (Å²) in [4.78, 5) is 8.65. The minimum atomic E-state index is 0.477. The summed E-state index contributed by atoms with van der Waals surface area (Å²) in [7, 11) is 0. The van der Waals surface area contributed by atoms with Gasteiger partial charge in [0.25, 0.3) is 0 Å². The van der Waals surface area contributed by atoms with Gasteiger partial charge in [0.1, 0.15) is 11.5 Å². The van der Waals surface area contributed by atoms with Crippen molar-refractivity contribution in [3.05, 3.63) is 5.82 Å². The molecule has 0 amide bonds. The monoisotopic (exact) mass is 238 g/mol. The molecule has 1 heterocycles. The van der Waals surface area contributed by atoms with E-state index in [2.05, 4.69) is 29.1 Å². The molecule has 0 aliphatic carbocycles. The smallest absolute Gasteiger partial charge is 0.242 e. The van der Waals surface area contributed by atoms with Crippen LogP contribution in [-0.2, 0) is 6.42 Å². The maximum Gasteiger partial charge on any atom is 0.242 e. The molecule has 17 heavy (non-hydrogen) atoms. The largest absolute Gasteiger partial charge is 0.476 e. The molecular formula is C12H22N4O. The predicted molar refractivity (Wildman–Crippen MR) is 70.3 cm³/mol. The van der Waals surface area contributed by atoms with Crippen molar-refractivity contribution in [2.24, 2.45) is 5.92 Å². The lowest BCUT2D eigenvalue weighted by molar-refractivity contribution is 0.327. The topological polar surface area (TPSA) is 73.1 Å². The molecule has 0 aromatic carbocycles. The van der Waals surface area contributed by atoms with E-state index in [-0.39, 0.29) is 0 Å². The zero-order chi connectivity index (χ0) is 12.8. The first-order valence-corrected chi connectivity index (χ1v) is 6.11. The highest BCUT2D eigenvalue weighted by molar-refractivity contribution is 5.66. The Morgan fingerprint density at radius 2 is 2.00 bits per heavy atom. The number of ether oxygens (including phenoxy) is 1. The minimum absolute atomic E-state index is 0.477. The fourth-order valence-corrected chi connectivity index (χ4v) is 1.33. The Morgan fingerprint density at radius 1 is 1.29 bits per heavy atom. The van der Waals surface area contributed by atoms with Gasteiger partial charge in [-0.1, -0.05) is 20.8 Å². The van der Waals surface area contributed by atoms with Gasteiger partial charge in [-0.3, -0.25) is 0 Å². The molecule has 5 nitrogen and oxygen atoms in total. The van der Waals surface area contributed by atoms with Gasteiger partial charge in [0, 0.05) is 13.0 Å². The van der Waals surface area contributed by atoms with E-state index in [1.807, 2.05) is 13.8 Å². The number of rotatable bonds is 6. The summed E-state index contributed by atoms with van der Waals surface area (Å²) in [5, 5.41) is 3.23. The normalized spacial score (nSPS) is 10.6. The van der Waals surface area contributed by atoms with Gasteiger partial charge in [0.05, 0.1) is 6.61 Å². The zero-order valence-corrected chi connectivity index (χ0v) is 11.1. The van der Waals surface area contributed by atoms with Gasteiger partial charge >= 0.3 is 0 Å². The van der Waals surface area contributed by atoms with Crippen LogP contribution in [0.2, 0.25) is 0 Å². The van der Waals surface area contributed by atoms with E-state index < -0.39 is 0 Å². The average Bonchev–Trinajstić information content (AvgIpc) is 2.30. The van der Waals surface area contributed by atoms with E-state index in [1.54, 1.807) is 0 Å². The molecule has 0 radical (unpaired) electrons. The molecule has 0 atom stereocenters. The Labute approximate surface area is 103 Å². The van der Waals surface area contributed by atoms with Crippen molar-refractivity contribution in [2.75, 3.05) is 24.2 Å². The molecular weight excluding hydrogens is 216 g/mol. The van der Waals surface area contributed by atoms with E-state index in [0.29, 0.717) is 29.9 Å². The molecule has 0 fully saturated rings. The fourth-order valence-electron chi connectivity index (χ4n) is 1.33. The Hall–Kier alpha value is -1.52. The van der Waals surface area contributed by atoms with Gasteiger partial charge < -0.3 is 15.8 Å².